The lowest BCUT2D eigenvalue weighted by atomic mass is 9.96. The van der Waals surface area contributed by atoms with Gasteiger partial charge < -0.3 is 4.43 Å². The molecule has 0 N–H and O–H groups in total. The largest absolute Gasteiger partial charge is 0.408 e. The van der Waals surface area contributed by atoms with Gasteiger partial charge in [-0.25, -0.2) is 17.9 Å². The molecule has 0 bridgehead atoms. The van der Waals surface area contributed by atoms with Gasteiger partial charge in [-0.15, -0.1) is 5.10 Å². The highest BCUT2D eigenvalue weighted by Crippen LogP contribution is 2.32. The van der Waals surface area contributed by atoms with Crippen molar-refractivity contribution in [3.63, 3.8) is 0 Å². The van der Waals surface area contributed by atoms with E-state index in [0.29, 0.717) is 9.76 Å². The van der Waals surface area contributed by atoms with Gasteiger partial charge in [-0.2, -0.15) is 0 Å². The van der Waals surface area contributed by atoms with E-state index in [2.05, 4.69) is 50.8 Å². The molecule has 0 aliphatic heterocycles. The number of benzene rings is 1. The first-order valence-electron chi connectivity index (χ1n) is 8.98. The van der Waals surface area contributed by atoms with Gasteiger partial charge in [-0.1, -0.05) is 39.0 Å². The zero-order valence-corrected chi connectivity index (χ0v) is 18.8. The Morgan fingerprint density at radius 1 is 1.07 bits per heavy atom. The Morgan fingerprint density at radius 2 is 1.79 bits per heavy atom. The number of nitrogens with zero attached hydrogens (tertiary/aromatic N) is 3. The molecule has 148 valence electrons. The fourth-order valence-corrected chi connectivity index (χ4v) is 3.82. The summed E-state index contributed by atoms with van der Waals surface area (Å²) in [5.41, 5.74) is 3.08. The minimum Gasteiger partial charge on any atom is -0.408 e. The zero-order chi connectivity index (χ0) is 20.7. The van der Waals surface area contributed by atoms with Gasteiger partial charge in [-0.3, -0.25) is 0 Å². The molecule has 6 nitrogen and oxygen atoms in total. The summed E-state index contributed by atoms with van der Waals surface area (Å²) < 4.78 is 31.5. The van der Waals surface area contributed by atoms with Crippen molar-refractivity contribution in [2.75, 3.05) is 6.26 Å². The topological polar surface area (TPSA) is 73.6 Å². The van der Waals surface area contributed by atoms with Gasteiger partial charge in [0.1, 0.15) is 0 Å². The standard InChI is InChI=1S/C20H25N3O3SSi/c1-19(2,3)28-26-20(4,5)15-9-7-8-14(12-15)17-11-10-16-13-21-18(22-23(16)17)27(6,24)25/h7-13H,1-6H3. The van der Waals surface area contributed by atoms with Crippen LogP contribution in [0.25, 0.3) is 16.8 Å². The Hall–Kier alpha value is -2.03. The van der Waals surface area contributed by atoms with E-state index in [1.165, 1.54) is 6.20 Å². The Bertz CT molecular complexity index is 1120. The fourth-order valence-electron chi connectivity index (χ4n) is 2.67. The molecule has 2 aromatic heterocycles. The molecule has 1 aromatic carbocycles. The molecule has 0 saturated carbocycles. The normalized spacial score (nSPS) is 13.2. The number of hydrogen-bond donors (Lipinski definition) is 0. The highest BCUT2D eigenvalue weighted by molar-refractivity contribution is 7.90. The van der Waals surface area contributed by atoms with Gasteiger partial charge in [-0.05, 0) is 42.6 Å². The maximum absolute atomic E-state index is 11.8. The van der Waals surface area contributed by atoms with Crippen molar-refractivity contribution >= 4 is 25.1 Å². The summed E-state index contributed by atoms with van der Waals surface area (Å²) in [7, 11) is -3.11. The molecule has 8 heteroatoms. The van der Waals surface area contributed by atoms with Crippen LogP contribution in [-0.2, 0) is 19.9 Å². The lowest BCUT2D eigenvalue weighted by Crippen LogP contribution is -2.27. The second-order valence-electron chi connectivity index (χ2n) is 8.41. The highest BCUT2D eigenvalue weighted by Gasteiger charge is 2.26. The van der Waals surface area contributed by atoms with Crippen molar-refractivity contribution in [1.29, 1.82) is 0 Å². The van der Waals surface area contributed by atoms with Crippen molar-refractivity contribution in [3.05, 3.63) is 48.2 Å². The summed E-state index contributed by atoms with van der Waals surface area (Å²) in [6, 6.07) is 11.9. The Kier molecular flexibility index (Phi) is 5.24. The van der Waals surface area contributed by atoms with E-state index in [-0.39, 0.29) is 10.2 Å². The van der Waals surface area contributed by atoms with E-state index in [0.717, 1.165) is 28.6 Å². The molecule has 0 spiro atoms. The molecule has 0 aliphatic rings. The quantitative estimate of drug-likeness (QED) is 0.591. The summed E-state index contributed by atoms with van der Waals surface area (Å²) in [6.07, 6.45) is 2.63. The van der Waals surface area contributed by atoms with Crippen LogP contribution >= 0.6 is 0 Å². The van der Waals surface area contributed by atoms with Crippen LogP contribution < -0.4 is 0 Å². The average Bonchev–Trinajstić information content (AvgIpc) is 3.02. The van der Waals surface area contributed by atoms with Gasteiger partial charge in [0, 0.05) is 11.8 Å². The van der Waals surface area contributed by atoms with Gasteiger partial charge in [0.2, 0.25) is 19.6 Å². The van der Waals surface area contributed by atoms with Crippen LogP contribution in [0.15, 0.2) is 47.8 Å². The number of aromatic nitrogens is 3. The van der Waals surface area contributed by atoms with Crippen molar-refractivity contribution in [3.8, 4) is 11.3 Å². The van der Waals surface area contributed by atoms with Crippen LogP contribution in [0.5, 0.6) is 0 Å². The van der Waals surface area contributed by atoms with E-state index in [4.69, 9.17) is 4.43 Å². The molecule has 2 radical (unpaired) electrons. The first-order valence-corrected chi connectivity index (χ1v) is 11.8. The zero-order valence-electron chi connectivity index (χ0n) is 17.0. The third-order valence-corrected chi connectivity index (χ3v) is 6.25. The second kappa shape index (κ2) is 7.09. The number of fused-ring (bicyclic) bond motifs is 1. The Balaban J connectivity index is 2.03. The molecular formula is C20H25N3O3SSi. The van der Waals surface area contributed by atoms with Gasteiger partial charge >= 0.3 is 0 Å². The fraction of sp³-hybridized carbons (Fsp3) is 0.400. The van der Waals surface area contributed by atoms with Crippen LogP contribution in [0, 0.1) is 0 Å². The first kappa shape index (κ1) is 20.7. The summed E-state index contributed by atoms with van der Waals surface area (Å²) in [5.74, 6) is 0. The van der Waals surface area contributed by atoms with Crippen molar-refractivity contribution in [2.45, 2.75) is 50.4 Å². The molecule has 0 aliphatic carbocycles. The molecule has 0 amide bonds. The minimum absolute atomic E-state index is 0.103. The lowest BCUT2D eigenvalue weighted by Gasteiger charge is -2.30. The molecule has 28 heavy (non-hydrogen) atoms. The number of rotatable bonds is 5. The van der Waals surface area contributed by atoms with Crippen molar-refractivity contribution < 1.29 is 12.8 Å². The van der Waals surface area contributed by atoms with Gasteiger partial charge in [0.15, 0.2) is 0 Å². The van der Waals surface area contributed by atoms with Crippen LogP contribution in [-0.4, -0.2) is 39.0 Å². The first-order chi connectivity index (χ1) is 12.9. The van der Waals surface area contributed by atoms with E-state index in [1.54, 1.807) is 4.52 Å². The summed E-state index contributed by atoms with van der Waals surface area (Å²) in [6.45, 7) is 10.6. The van der Waals surface area contributed by atoms with E-state index < -0.39 is 15.4 Å². The molecule has 0 fully saturated rings. The predicted molar refractivity (Wildman–Crippen MR) is 111 cm³/mol. The van der Waals surface area contributed by atoms with Crippen LogP contribution in [0.3, 0.4) is 0 Å². The maximum Gasteiger partial charge on any atom is 0.265 e. The Labute approximate surface area is 168 Å². The maximum atomic E-state index is 11.8. The van der Waals surface area contributed by atoms with E-state index in [1.807, 2.05) is 30.3 Å². The van der Waals surface area contributed by atoms with Crippen LogP contribution in [0.2, 0.25) is 5.04 Å². The summed E-state index contributed by atoms with van der Waals surface area (Å²) in [5, 5.41) is 4.14. The SMILES string of the molecule is CC(C)(C)[Si]OC(C)(C)c1cccc(-c2ccc3cnc(S(C)(=O)=O)nn23)c1. The third kappa shape index (κ3) is 4.51. The predicted octanol–water partition coefficient (Wildman–Crippen LogP) is 3.89. The molecule has 0 atom stereocenters. The minimum atomic E-state index is -3.49. The van der Waals surface area contributed by atoms with E-state index >= 15 is 0 Å². The van der Waals surface area contributed by atoms with Gasteiger partial charge in [0.05, 0.1) is 23.0 Å². The Morgan fingerprint density at radius 3 is 2.43 bits per heavy atom. The monoisotopic (exact) mass is 415 g/mol. The van der Waals surface area contributed by atoms with Crippen LogP contribution in [0.1, 0.15) is 40.2 Å². The smallest absolute Gasteiger partial charge is 0.265 e. The second-order valence-corrected chi connectivity index (χ2v) is 12.2. The molecule has 2 heterocycles. The van der Waals surface area contributed by atoms with Gasteiger partial charge in [0.25, 0.3) is 5.16 Å². The average molecular weight is 416 g/mol. The lowest BCUT2D eigenvalue weighted by molar-refractivity contribution is 0.109. The number of sulfone groups is 1. The van der Waals surface area contributed by atoms with Crippen LogP contribution in [0.4, 0.5) is 0 Å². The third-order valence-electron chi connectivity index (χ3n) is 4.18. The van der Waals surface area contributed by atoms with Crippen molar-refractivity contribution in [1.82, 2.24) is 14.6 Å². The molecule has 0 unspecified atom stereocenters. The number of hydrogen-bond acceptors (Lipinski definition) is 5. The molecular weight excluding hydrogens is 390 g/mol. The highest BCUT2D eigenvalue weighted by atomic mass is 32.2. The summed E-state index contributed by atoms with van der Waals surface area (Å²) in [4.78, 5) is 3.95. The van der Waals surface area contributed by atoms with Crippen molar-refractivity contribution in [2.24, 2.45) is 0 Å². The molecule has 3 rings (SSSR count). The summed E-state index contributed by atoms with van der Waals surface area (Å²) >= 11 is 0. The van der Waals surface area contributed by atoms with E-state index in [9.17, 15) is 8.42 Å². The molecule has 0 saturated heterocycles. The molecule has 3 aromatic rings.